The van der Waals surface area contributed by atoms with Crippen LogP contribution < -0.4 is 5.56 Å². The van der Waals surface area contributed by atoms with Gasteiger partial charge in [-0.2, -0.15) is 0 Å². The first kappa shape index (κ1) is 18.2. The summed E-state index contributed by atoms with van der Waals surface area (Å²) in [5.74, 6) is 0.749. The van der Waals surface area contributed by atoms with Crippen LogP contribution in [0.5, 0.6) is 5.75 Å². The molecule has 7 heteroatoms. The number of carbonyl (C=O) groups excluding carboxylic acids is 1. The minimum Gasteiger partial charge on any atom is -0.508 e. The lowest BCUT2D eigenvalue weighted by atomic mass is 10.1. The minimum absolute atomic E-state index is 0.0375. The van der Waals surface area contributed by atoms with Gasteiger partial charge in [-0.25, -0.2) is 4.98 Å². The maximum atomic E-state index is 12.6. The predicted octanol–water partition coefficient (Wildman–Crippen LogP) is 2.15. The van der Waals surface area contributed by atoms with Crippen molar-refractivity contribution in [2.45, 2.75) is 13.0 Å². The maximum Gasteiger partial charge on any atom is 0.258 e. The Morgan fingerprint density at radius 2 is 1.75 bits per heavy atom. The van der Waals surface area contributed by atoms with Crippen molar-refractivity contribution in [1.29, 1.82) is 0 Å². The zero-order chi connectivity index (χ0) is 19.7. The standard InChI is InChI=1S/C21H22N4O3/c1-14(19-22-18-5-3-2-4-17(18)20(27)23-19)24-10-12-25(13-11-24)21(28)15-6-8-16(26)9-7-15/h2-9,14,26H,10-13H2,1H3,(H,22,23,27). The van der Waals surface area contributed by atoms with E-state index < -0.39 is 0 Å². The molecule has 4 rings (SSSR count). The van der Waals surface area contributed by atoms with E-state index in [0.29, 0.717) is 48.5 Å². The van der Waals surface area contributed by atoms with Crippen LogP contribution in [0.15, 0.2) is 53.3 Å². The summed E-state index contributed by atoms with van der Waals surface area (Å²) < 4.78 is 0. The summed E-state index contributed by atoms with van der Waals surface area (Å²) >= 11 is 0. The van der Waals surface area contributed by atoms with E-state index in [1.165, 1.54) is 12.1 Å². The number of hydrogen-bond acceptors (Lipinski definition) is 5. The number of H-pyrrole nitrogens is 1. The van der Waals surface area contributed by atoms with Crippen LogP contribution in [-0.2, 0) is 0 Å². The third-order valence-corrected chi connectivity index (χ3v) is 5.29. The number of piperazine rings is 1. The molecule has 0 spiro atoms. The number of aromatic hydroxyl groups is 1. The van der Waals surface area contributed by atoms with Crippen molar-refractivity contribution in [2.24, 2.45) is 0 Å². The van der Waals surface area contributed by atoms with Gasteiger partial charge in [-0.05, 0) is 43.3 Å². The fraction of sp³-hybridized carbons (Fsp3) is 0.286. The van der Waals surface area contributed by atoms with Gasteiger partial charge in [0.15, 0.2) is 0 Å². The number of benzene rings is 2. The minimum atomic E-state index is -0.131. The first-order valence-corrected chi connectivity index (χ1v) is 9.34. The smallest absolute Gasteiger partial charge is 0.258 e. The Morgan fingerprint density at radius 3 is 2.46 bits per heavy atom. The first-order valence-electron chi connectivity index (χ1n) is 9.34. The zero-order valence-corrected chi connectivity index (χ0v) is 15.6. The van der Waals surface area contributed by atoms with Gasteiger partial charge in [-0.15, -0.1) is 0 Å². The van der Waals surface area contributed by atoms with Crippen LogP contribution >= 0.6 is 0 Å². The zero-order valence-electron chi connectivity index (χ0n) is 15.6. The molecule has 1 aromatic heterocycles. The van der Waals surface area contributed by atoms with Crippen LogP contribution in [0.1, 0.15) is 29.1 Å². The van der Waals surface area contributed by atoms with E-state index in [9.17, 15) is 14.7 Å². The number of phenols is 1. The van der Waals surface area contributed by atoms with E-state index in [4.69, 9.17) is 0 Å². The fourth-order valence-corrected chi connectivity index (χ4v) is 3.57. The van der Waals surface area contributed by atoms with Crippen molar-refractivity contribution in [2.75, 3.05) is 26.2 Å². The Labute approximate surface area is 162 Å². The molecule has 1 atom stereocenters. The van der Waals surface area contributed by atoms with Crippen LogP contribution in [0.2, 0.25) is 0 Å². The van der Waals surface area contributed by atoms with Crippen LogP contribution in [0.3, 0.4) is 0 Å². The molecular formula is C21H22N4O3. The summed E-state index contributed by atoms with van der Waals surface area (Å²) in [7, 11) is 0. The van der Waals surface area contributed by atoms with Gasteiger partial charge in [0.1, 0.15) is 11.6 Å². The maximum absolute atomic E-state index is 12.6. The number of carbonyl (C=O) groups is 1. The topological polar surface area (TPSA) is 89.5 Å². The number of fused-ring (bicyclic) bond motifs is 1. The average molecular weight is 378 g/mol. The highest BCUT2D eigenvalue weighted by Crippen LogP contribution is 2.20. The highest BCUT2D eigenvalue weighted by atomic mass is 16.3. The summed E-state index contributed by atoms with van der Waals surface area (Å²) in [5.41, 5.74) is 1.13. The third-order valence-electron chi connectivity index (χ3n) is 5.29. The lowest BCUT2D eigenvalue weighted by Gasteiger charge is -2.37. The van der Waals surface area contributed by atoms with E-state index in [1.54, 1.807) is 18.2 Å². The normalized spacial score (nSPS) is 16.2. The molecular weight excluding hydrogens is 356 g/mol. The van der Waals surface area contributed by atoms with Gasteiger partial charge < -0.3 is 15.0 Å². The number of amides is 1. The molecule has 1 amide bonds. The van der Waals surface area contributed by atoms with E-state index >= 15 is 0 Å². The molecule has 1 fully saturated rings. The second kappa shape index (κ2) is 7.44. The predicted molar refractivity (Wildman–Crippen MR) is 106 cm³/mol. The summed E-state index contributed by atoms with van der Waals surface area (Å²) in [6, 6.07) is 13.6. The number of aromatic amines is 1. The molecule has 0 radical (unpaired) electrons. The molecule has 2 N–H and O–H groups in total. The molecule has 0 bridgehead atoms. The number of hydrogen-bond donors (Lipinski definition) is 2. The van der Waals surface area contributed by atoms with Crippen molar-refractivity contribution in [1.82, 2.24) is 19.8 Å². The number of para-hydroxylation sites is 1. The molecule has 2 heterocycles. The molecule has 3 aromatic rings. The lowest BCUT2D eigenvalue weighted by Crippen LogP contribution is -2.49. The number of nitrogens with zero attached hydrogens (tertiary/aromatic N) is 3. The largest absolute Gasteiger partial charge is 0.508 e. The van der Waals surface area contributed by atoms with Crippen LogP contribution in [0, 0.1) is 0 Å². The van der Waals surface area contributed by atoms with Crippen molar-refractivity contribution in [3.05, 3.63) is 70.3 Å². The highest BCUT2D eigenvalue weighted by molar-refractivity contribution is 5.94. The van der Waals surface area contributed by atoms with Gasteiger partial charge >= 0.3 is 0 Å². The lowest BCUT2D eigenvalue weighted by molar-refractivity contribution is 0.0575. The van der Waals surface area contributed by atoms with Gasteiger partial charge in [0, 0.05) is 31.7 Å². The fourth-order valence-electron chi connectivity index (χ4n) is 3.57. The van der Waals surface area contributed by atoms with Crippen molar-refractivity contribution in [3.63, 3.8) is 0 Å². The monoisotopic (exact) mass is 378 g/mol. The van der Waals surface area contributed by atoms with Crippen LogP contribution in [0.25, 0.3) is 10.9 Å². The van der Waals surface area contributed by atoms with E-state index in [1.807, 2.05) is 30.0 Å². The Hall–Kier alpha value is -3.19. The quantitative estimate of drug-likeness (QED) is 0.729. The molecule has 1 unspecified atom stereocenters. The Balaban J connectivity index is 1.45. The number of phenolic OH excluding ortho intramolecular Hbond substituents is 1. The van der Waals surface area contributed by atoms with Gasteiger partial charge in [0.25, 0.3) is 11.5 Å². The summed E-state index contributed by atoms with van der Waals surface area (Å²) in [5, 5.41) is 9.96. The molecule has 1 saturated heterocycles. The molecule has 7 nitrogen and oxygen atoms in total. The number of nitrogens with one attached hydrogen (secondary N) is 1. The molecule has 2 aromatic carbocycles. The van der Waals surface area contributed by atoms with Crippen molar-refractivity contribution < 1.29 is 9.90 Å². The van der Waals surface area contributed by atoms with Gasteiger partial charge in [-0.3, -0.25) is 14.5 Å². The van der Waals surface area contributed by atoms with E-state index in [-0.39, 0.29) is 23.3 Å². The van der Waals surface area contributed by atoms with Crippen LogP contribution in [0.4, 0.5) is 0 Å². The van der Waals surface area contributed by atoms with E-state index in [2.05, 4.69) is 14.9 Å². The molecule has 144 valence electrons. The molecule has 1 aliphatic rings. The Kier molecular flexibility index (Phi) is 4.83. The Bertz CT molecular complexity index is 1050. The average Bonchev–Trinajstić information content (AvgIpc) is 2.73. The van der Waals surface area contributed by atoms with Gasteiger partial charge in [-0.1, -0.05) is 12.1 Å². The summed E-state index contributed by atoms with van der Waals surface area (Å²) in [6.07, 6.45) is 0. The highest BCUT2D eigenvalue weighted by Gasteiger charge is 2.26. The van der Waals surface area contributed by atoms with Gasteiger partial charge in [0.05, 0.1) is 16.9 Å². The second-order valence-electron chi connectivity index (χ2n) is 7.02. The second-order valence-corrected chi connectivity index (χ2v) is 7.02. The first-order chi connectivity index (χ1) is 13.5. The third kappa shape index (κ3) is 3.48. The molecule has 0 aliphatic carbocycles. The molecule has 0 saturated carbocycles. The summed E-state index contributed by atoms with van der Waals surface area (Å²) in [4.78, 5) is 36.5. The Morgan fingerprint density at radius 1 is 1.07 bits per heavy atom. The van der Waals surface area contributed by atoms with Crippen molar-refractivity contribution in [3.8, 4) is 5.75 Å². The molecule has 1 aliphatic heterocycles. The molecule has 28 heavy (non-hydrogen) atoms. The van der Waals surface area contributed by atoms with Gasteiger partial charge in [0.2, 0.25) is 0 Å². The summed E-state index contributed by atoms with van der Waals surface area (Å²) in [6.45, 7) is 4.61. The van der Waals surface area contributed by atoms with E-state index in [0.717, 1.165) is 0 Å². The van der Waals surface area contributed by atoms with Crippen molar-refractivity contribution >= 4 is 16.8 Å². The van der Waals surface area contributed by atoms with Crippen LogP contribution in [-0.4, -0.2) is 57.0 Å². The number of rotatable bonds is 3. The number of aromatic nitrogens is 2. The SMILES string of the molecule is CC(c1nc2ccccc2c(=O)[nH]1)N1CCN(C(=O)c2ccc(O)cc2)CC1.